The number of hydrogen-bond donors (Lipinski definition) is 1. The van der Waals surface area contributed by atoms with E-state index < -0.39 is 6.10 Å². The monoisotopic (exact) mass is 309 g/mol. The molecule has 0 unspecified atom stereocenters. The quantitative estimate of drug-likeness (QED) is 0.909. The summed E-state index contributed by atoms with van der Waals surface area (Å²) in [4.78, 5) is 12.0. The first-order valence-electron chi connectivity index (χ1n) is 6.04. The van der Waals surface area contributed by atoms with Crippen molar-refractivity contribution in [3.05, 3.63) is 58.6 Å². The van der Waals surface area contributed by atoms with E-state index in [1.165, 1.54) is 0 Å². The molecular weight excluding hydrogens is 297 g/mol. The van der Waals surface area contributed by atoms with Crippen LogP contribution < -0.4 is 10.1 Å². The van der Waals surface area contributed by atoms with Crippen LogP contribution in [0.5, 0.6) is 5.75 Å². The molecule has 2 rings (SSSR count). The predicted molar refractivity (Wildman–Crippen MR) is 81.6 cm³/mol. The number of amides is 1. The Morgan fingerprint density at radius 3 is 2.60 bits per heavy atom. The highest BCUT2D eigenvalue weighted by Gasteiger charge is 2.15. The summed E-state index contributed by atoms with van der Waals surface area (Å²) < 4.78 is 5.53. The van der Waals surface area contributed by atoms with Crippen LogP contribution in [0.2, 0.25) is 10.0 Å². The van der Waals surface area contributed by atoms with Gasteiger partial charge in [-0.2, -0.15) is 0 Å². The second-order valence-electron chi connectivity index (χ2n) is 4.19. The lowest BCUT2D eigenvalue weighted by atomic mass is 10.3. The molecule has 0 aliphatic heterocycles. The smallest absolute Gasteiger partial charge is 0.265 e. The van der Waals surface area contributed by atoms with E-state index in [1.54, 1.807) is 55.5 Å². The number of ether oxygens (including phenoxy) is 1. The molecule has 0 heterocycles. The maximum Gasteiger partial charge on any atom is 0.265 e. The molecule has 3 nitrogen and oxygen atoms in total. The number of para-hydroxylation sites is 1. The third-order valence-corrected chi connectivity index (χ3v) is 3.17. The molecule has 0 saturated heterocycles. The summed E-state index contributed by atoms with van der Waals surface area (Å²) in [5, 5.41) is 3.75. The fraction of sp³-hybridized carbons (Fsp3) is 0.133. The number of nitrogens with one attached hydrogen (secondary N) is 1. The number of hydrogen-bond acceptors (Lipinski definition) is 2. The first-order valence-corrected chi connectivity index (χ1v) is 6.79. The number of carbonyl (C=O) groups is 1. The first-order chi connectivity index (χ1) is 9.56. The van der Waals surface area contributed by atoms with Gasteiger partial charge < -0.3 is 10.1 Å². The average Bonchev–Trinajstić information content (AvgIpc) is 2.41. The maximum absolute atomic E-state index is 12.0. The standard InChI is InChI=1S/C15H13Cl2NO2/c1-10(20-12-6-4-5-11(16)9-12)15(19)18-14-8-3-2-7-13(14)17/h2-10H,1H3,(H,18,19)/t10-/m0/s1. The van der Waals surface area contributed by atoms with Crippen LogP contribution in [0, 0.1) is 0 Å². The minimum Gasteiger partial charge on any atom is -0.481 e. The molecule has 2 aromatic carbocycles. The molecule has 2 aromatic rings. The minimum absolute atomic E-state index is 0.280. The summed E-state index contributed by atoms with van der Waals surface area (Å²) in [5.74, 6) is 0.261. The van der Waals surface area contributed by atoms with Gasteiger partial charge in [0, 0.05) is 5.02 Å². The van der Waals surface area contributed by atoms with Crippen molar-refractivity contribution in [2.75, 3.05) is 5.32 Å². The van der Waals surface area contributed by atoms with E-state index in [9.17, 15) is 4.79 Å². The molecule has 0 spiro atoms. The van der Waals surface area contributed by atoms with Crippen LogP contribution in [-0.4, -0.2) is 12.0 Å². The van der Waals surface area contributed by atoms with Crippen LogP contribution in [0.1, 0.15) is 6.92 Å². The average molecular weight is 310 g/mol. The Bertz CT molecular complexity index is 616. The molecular formula is C15H13Cl2NO2. The Hall–Kier alpha value is -1.71. The lowest BCUT2D eigenvalue weighted by molar-refractivity contribution is -0.122. The SMILES string of the molecule is C[C@H](Oc1cccc(Cl)c1)C(=O)Nc1ccccc1Cl. The normalized spacial score (nSPS) is 11.8. The number of halogens is 2. The summed E-state index contributed by atoms with van der Waals surface area (Å²) in [6.45, 7) is 1.66. The van der Waals surface area contributed by atoms with Crippen LogP contribution in [0.15, 0.2) is 48.5 Å². The maximum atomic E-state index is 12.0. The predicted octanol–water partition coefficient (Wildman–Crippen LogP) is 4.40. The highest BCUT2D eigenvalue weighted by Crippen LogP contribution is 2.22. The number of anilines is 1. The zero-order valence-corrected chi connectivity index (χ0v) is 12.3. The fourth-order valence-corrected chi connectivity index (χ4v) is 1.96. The van der Waals surface area contributed by atoms with Crippen molar-refractivity contribution in [1.82, 2.24) is 0 Å². The first kappa shape index (κ1) is 14.7. The van der Waals surface area contributed by atoms with E-state index in [0.29, 0.717) is 21.5 Å². The summed E-state index contributed by atoms with van der Waals surface area (Å²) in [6, 6.07) is 13.9. The van der Waals surface area contributed by atoms with Crippen LogP contribution >= 0.6 is 23.2 Å². The zero-order valence-electron chi connectivity index (χ0n) is 10.8. The van der Waals surface area contributed by atoms with Gasteiger partial charge in [0.05, 0.1) is 10.7 Å². The van der Waals surface area contributed by atoms with Crippen molar-refractivity contribution in [3.8, 4) is 5.75 Å². The topological polar surface area (TPSA) is 38.3 Å². The molecule has 1 atom stereocenters. The van der Waals surface area contributed by atoms with Crippen molar-refractivity contribution in [2.45, 2.75) is 13.0 Å². The Morgan fingerprint density at radius 1 is 1.15 bits per heavy atom. The second kappa shape index (κ2) is 6.64. The highest BCUT2D eigenvalue weighted by molar-refractivity contribution is 6.33. The Morgan fingerprint density at radius 2 is 1.90 bits per heavy atom. The van der Waals surface area contributed by atoms with Gasteiger partial charge >= 0.3 is 0 Å². The van der Waals surface area contributed by atoms with Crippen LogP contribution in [-0.2, 0) is 4.79 Å². The summed E-state index contributed by atoms with van der Waals surface area (Å²) in [6.07, 6.45) is -0.662. The molecule has 20 heavy (non-hydrogen) atoms. The van der Waals surface area contributed by atoms with E-state index >= 15 is 0 Å². The van der Waals surface area contributed by atoms with E-state index in [1.807, 2.05) is 0 Å². The van der Waals surface area contributed by atoms with Crippen molar-refractivity contribution < 1.29 is 9.53 Å². The van der Waals surface area contributed by atoms with Gasteiger partial charge in [-0.25, -0.2) is 0 Å². The molecule has 0 aliphatic carbocycles. The zero-order chi connectivity index (χ0) is 14.5. The molecule has 1 amide bonds. The number of carbonyl (C=O) groups excluding carboxylic acids is 1. The lowest BCUT2D eigenvalue weighted by Crippen LogP contribution is -2.30. The largest absolute Gasteiger partial charge is 0.481 e. The van der Waals surface area contributed by atoms with E-state index in [0.717, 1.165) is 0 Å². The van der Waals surface area contributed by atoms with Crippen molar-refractivity contribution in [1.29, 1.82) is 0 Å². The molecule has 104 valence electrons. The Labute approximate surface area is 127 Å². The molecule has 0 aliphatic rings. The van der Waals surface area contributed by atoms with Gasteiger partial charge in [-0.3, -0.25) is 4.79 Å². The van der Waals surface area contributed by atoms with E-state index in [-0.39, 0.29) is 5.91 Å². The number of benzene rings is 2. The number of rotatable bonds is 4. The van der Waals surface area contributed by atoms with Gasteiger partial charge in [-0.05, 0) is 37.3 Å². The second-order valence-corrected chi connectivity index (χ2v) is 5.03. The van der Waals surface area contributed by atoms with Crippen LogP contribution in [0.4, 0.5) is 5.69 Å². The molecule has 0 fully saturated rings. The fourth-order valence-electron chi connectivity index (χ4n) is 1.59. The minimum atomic E-state index is -0.662. The van der Waals surface area contributed by atoms with Gasteiger partial charge in [0.25, 0.3) is 5.91 Å². The third kappa shape index (κ3) is 3.89. The molecule has 1 N–H and O–H groups in total. The van der Waals surface area contributed by atoms with Crippen molar-refractivity contribution in [3.63, 3.8) is 0 Å². The summed E-state index contributed by atoms with van der Waals surface area (Å²) in [5.41, 5.74) is 0.556. The van der Waals surface area contributed by atoms with Crippen molar-refractivity contribution in [2.24, 2.45) is 0 Å². The van der Waals surface area contributed by atoms with Gasteiger partial charge in [-0.1, -0.05) is 41.4 Å². The van der Waals surface area contributed by atoms with E-state index in [4.69, 9.17) is 27.9 Å². The van der Waals surface area contributed by atoms with Gasteiger partial charge in [0.1, 0.15) is 5.75 Å². The van der Waals surface area contributed by atoms with Gasteiger partial charge in [0.15, 0.2) is 6.10 Å². The van der Waals surface area contributed by atoms with Crippen LogP contribution in [0.25, 0.3) is 0 Å². The summed E-state index contributed by atoms with van der Waals surface area (Å²) >= 11 is 11.8. The Kier molecular flexibility index (Phi) is 4.88. The lowest BCUT2D eigenvalue weighted by Gasteiger charge is -2.15. The Balaban J connectivity index is 2.01. The van der Waals surface area contributed by atoms with Crippen LogP contribution in [0.3, 0.4) is 0 Å². The summed E-state index contributed by atoms with van der Waals surface area (Å²) in [7, 11) is 0. The molecule has 0 saturated carbocycles. The van der Waals surface area contributed by atoms with Gasteiger partial charge in [0.2, 0.25) is 0 Å². The van der Waals surface area contributed by atoms with Gasteiger partial charge in [-0.15, -0.1) is 0 Å². The third-order valence-electron chi connectivity index (χ3n) is 2.61. The molecule has 0 bridgehead atoms. The molecule has 5 heteroatoms. The molecule has 0 aromatic heterocycles. The molecule has 0 radical (unpaired) electrons. The van der Waals surface area contributed by atoms with Crippen molar-refractivity contribution >= 4 is 34.8 Å². The van der Waals surface area contributed by atoms with E-state index in [2.05, 4.69) is 5.32 Å². The highest BCUT2D eigenvalue weighted by atomic mass is 35.5.